The summed E-state index contributed by atoms with van der Waals surface area (Å²) in [6.45, 7) is 7.54. The van der Waals surface area contributed by atoms with Crippen molar-refractivity contribution in [3.05, 3.63) is 47.6 Å². The maximum Gasteiger partial charge on any atom is 0.249 e. The van der Waals surface area contributed by atoms with Crippen LogP contribution in [0.25, 0.3) is 11.3 Å². The summed E-state index contributed by atoms with van der Waals surface area (Å²) in [5.41, 5.74) is 1.90. The van der Waals surface area contributed by atoms with Gasteiger partial charge in [0, 0.05) is 23.3 Å². The molecule has 0 aliphatic rings. The molecule has 2 aromatic rings. The van der Waals surface area contributed by atoms with Crippen molar-refractivity contribution in [2.24, 2.45) is 0 Å². The van der Waals surface area contributed by atoms with Crippen molar-refractivity contribution in [2.45, 2.75) is 26.0 Å². The molecule has 5 nitrogen and oxygen atoms in total. The minimum absolute atomic E-state index is 0.157. The lowest BCUT2D eigenvalue weighted by Gasteiger charge is -2.15. The Hall–Kier alpha value is -2.05. The zero-order valence-electron chi connectivity index (χ0n) is 12.7. The van der Waals surface area contributed by atoms with Gasteiger partial charge in [-0.1, -0.05) is 6.08 Å². The maximum atomic E-state index is 12.0. The van der Waals surface area contributed by atoms with Crippen molar-refractivity contribution in [3.8, 4) is 11.3 Å². The molecule has 2 aromatic heterocycles. The molecule has 0 aromatic carbocycles. The van der Waals surface area contributed by atoms with E-state index >= 15 is 0 Å². The molecular weight excluding hydrogens is 298 g/mol. The second-order valence-electron chi connectivity index (χ2n) is 4.80. The van der Waals surface area contributed by atoms with Crippen molar-refractivity contribution in [2.75, 3.05) is 6.61 Å². The van der Waals surface area contributed by atoms with Gasteiger partial charge in [0.15, 0.2) is 0 Å². The molecule has 0 saturated heterocycles. The van der Waals surface area contributed by atoms with E-state index in [0.717, 1.165) is 16.3 Å². The van der Waals surface area contributed by atoms with E-state index in [4.69, 9.17) is 4.74 Å². The first-order valence-electron chi connectivity index (χ1n) is 7.00. The average molecular weight is 317 g/mol. The highest BCUT2D eigenvalue weighted by atomic mass is 32.1. The molecule has 1 N–H and O–H groups in total. The normalized spacial score (nSPS) is 13.4. The standard InChI is InChI=1S/C16H19N3O2S/c1-4-9-21-12(3)15(20)18-11(2)16-19-14(10-22-16)13-5-7-17-8-6-13/h4-8,10-12H,1,9H2,2-3H3,(H,18,20)/t11-,12+/m1/s1. The fraction of sp³-hybridized carbons (Fsp3) is 0.312. The van der Waals surface area contributed by atoms with Gasteiger partial charge in [0.25, 0.3) is 0 Å². The van der Waals surface area contributed by atoms with Crippen LogP contribution < -0.4 is 5.32 Å². The first-order valence-corrected chi connectivity index (χ1v) is 7.88. The SMILES string of the molecule is C=CCO[C@@H](C)C(=O)N[C@H](C)c1nc(-c2ccncc2)cs1. The topological polar surface area (TPSA) is 64.1 Å². The summed E-state index contributed by atoms with van der Waals surface area (Å²) in [5.74, 6) is -0.157. The first kappa shape index (κ1) is 16.3. The summed E-state index contributed by atoms with van der Waals surface area (Å²) in [6.07, 6.45) is 4.57. The van der Waals surface area contributed by atoms with Gasteiger partial charge in [-0.25, -0.2) is 4.98 Å². The number of nitrogens with one attached hydrogen (secondary N) is 1. The largest absolute Gasteiger partial charge is 0.365 e. The molecule has 6 heteroatoms. The molecule has 0 radical (unpaired) electrons. The number of thiazole rings is 1. The van der Waals surface area contributed by atoms with Crippen LogP contribution in [-0.2, 0) is 9.53 Å². The highest BCUT2D eigenvalue weighted by Gasteiger charge is 2.18. The van der Waals surface area contributed by atoms with E-state index in [9.17, 15) is 4.79 Å². The number of hydrogen-bond acceptors (Lipinski definition) is 5. The number of pyridine rings is 1. The van der Waals surface area contributed by atoms with Crippen LogP contribution in [0.4, 0.5) is 0 Å². The number of hydrogen-bond donors (Lipinski definition) is 1. The predicted molar refractivity (Wildman–Crippen MR) is 87.5 cm³/mol. The minimum Gasteiger partial charge on any atom is -0.365 e. The Kier molecular flexibility index (Phi) is 5.80. The van der Waals surface area contributed by atoms with Crippen molar-refractivity contribution < 1.29 is 9.53 Å². The Labute approximate surface area is 134 Å². The Balaban J connectivity index is 1.99. The monoisotopic (exact) mass is 317 g/mol. The van der Waals surface area contributed by atoms with E-state index in [-0.39, 0.29) is 11.9 Å². The quantitative estimate of drug-likeness (QED) is 0.797. The fourth-order valence-corrected chi connectivity index (χ4v) is 2.66. The van der Waals surface area contributed by atoms with E-state index in [2.05, 4.69) is 21.9 Å². The Morgan fingerprint density at radius 1 is 1.45 bits per heavy atom. The number of carbonyl (C=O) groups excluding carboxylic acids is 1. The molecule has 0 bridgehead atoms. The zero-order valence-corrected chi connectivity index (χ0v) is 13.5. The summed E-state index contributed by atoms with van der Waals surface area (Å²) in [6, 6.07) is 3.66. The van der Waals surface area contributed by atoms with Gasteiger partial charge in [-0.3, -0.25) is 9.78 Å². The fourth-order valence-electron chi connectivity index (χ4n) is 1.82. The van der Waals surface area contributed by atoms with Gasteiger partial charge >= 0.3 is 0 Å². The van der Waals surface area contributed by atoms with Crippen LogP contribution >= 0.6 is 11.3 Å². The summed E-state index contributed by atoms with van der Waals surface area (Å²) < 4.78 is 5.31. The lowest BCUT2D eigenvalue weighted by molar-refractivity contribution is -0.131. The number of rotatable bonds is 7. The maximum absolute atomic E-state index is 12.0. The van der Waals surface area contributed by atoms with Crippen molar-refractivity contribution in [3.63, 3.8) is 0 Å². The van der Waals surface area contributed by atoms with Crippen LogP contribution in [0.3, 0.4) is 0 Å². The van der Waals surface area contributed by atoms with Gasteiger partial charge in [0.1, 0.15) is 11.1 Å². The van der Waals surface area contributed by atoms with E-state index in [1.165, 1.54) is 11.3 Å². The van der Waals surface area contributed by atoms with E-state index in [1.807, 2.05) is 24.4 Å². The van der Waals surface area contributed by atoms with Crippen LogP contribution in [0.2, 0.25) is 0 Å². The third-order valence-corrected chi connectivity index (χ3v) is 4.09. The molecule has 0 saturated carbocycles. The Bertz CT molecular complexity index is 627. The van der Waals surface area contributed by atoms with E-state index in [1.54, 1.807) is 25.4 Å². The summed E-state index contributed by atoms with van der Waals surface area (Å²) in [4.78, 5) is 20.6. The predicted octanol–water partition coefficient (Wildman–Crippen LogP) is 2.97. The molecular formula is C16H19N3O2S. The molecule has 2 rings (SSSR count). The summed E-state index contributed by atoms with van der Waals surface area (Å²) >= 11 is 1.52. The van der Waals surface area contributed by atoms with Crippen LogP contribution in [0.5, 0.6) is 0 Å². The van der Waals surface area contributed by atoms with E-state index < -0.39 is 6.10 Å². The van der Waals surface area contributed by atoms with Crippen LogP contribution in [0.1, 0.15) is 24.9 Å². The molecule has 0 spiro atoms. The first-order chi connectivity index (χ1) is 10.6. The highest BCUT2D eigenvalue weighted by Crippen LogP contribution is 2.24. The van der Waals surface area contributed by atoms with Gasteiger partial charge in [0.05, 0.1) is 18.3 Å². The molecule has 2 atom stereocenters. The lowest BCUT2D eigenvalue weighted by Crippen LogP contribution is -2.36. The van der Waals surface area contributed by atoms with Crippen LogP contribution in [-0.4, -0.2) is 28.6 Å². The molecule has 0 aliphatic carbocycles. The van der Waals surface area contributed by atoms with Gasteiger partial charge in [-0.15, -0.1) is 17.9 Å². The smallest absolute Gasteiger partial charge is 0.249 e. The molecule has 1 amide bonds. The molecule has 22 heavy (non-hydrogen) atoms. The van der Waals surface area contributed by atoms with Crippen molar-refractivity contribution in [1.29, 1.82) is 0 Å². The summed E-state index contributed by atoms with van der Waals surface area (Å²) in [7, 11) is 0. The van der Waals surface area contributed by atoms with Crippen LogP contribution in [0, 0.1) is 0 Å². The Morgan fingerprint density at radius 2 is 2.18 bits per heavy atom. The second kappa shape index (κ2) is 7.82. The van der Waals surface area contributed by atoms with Crippen molar-refractivity contribution >= 4 is 17.2 Å². The average Bonchev–Trinajstić information content (AvgIpc) is 3.03. The Morgan fingerprint density at radius 3 is 2.86 bits per heavy atom. The number of nitrogens with zero attached hydrogens (tertiary/aromatic N) is 2. The number of ether oxygens (including phenoxy) is 1. The van der Waals surface area contributed by atoms with Gasteiger partial charge in [-0.2, -0.15) is 0 Å². The number of carbonyl (C=O) groups is 1. The second-order valence-corrected chi connectivity index (χ2v) is 5.69. The zero-order chi connectivity index (χ0) is 15.9. The third-order valence-electron chi connectivity index (χ3n) is 3.06. The van der Waals surface area contributed by atoms with Gasteiger partial charge in [0.2, 0.25) is 5.91 Å². The van der Waals surface area contributed by atoms with Gasteiger partial charge in [-0.05, 0) is 26.0 Å². The molecule has 0 unspecified atom stereocenters. The lowest BCUT2D eigenvalue weighted by atomic mass is 10.2. The third kappa shape index (κ3) is 4.22. The molecule has 116 valence electrons. The molecule has 0 fully saturated rings. The minimum atomic E-state index is -0.514. The summed E-state index contributed by atoms with van der Waals surface area (Å²) in [5, 5.41) is 5.74. The van der Waals surface area contributed by atoms with Gasteiger partial charge < -0.3 is 10.1 Å². The number of amides is 1. The number of aromatic nitrogens is 2. The van der Waals surface area contributed by atoms with E-state index in [0.29, 0.717) is 6.61 Å². The highest BCUT2D eigenvalue weighted by molar-refractivity contribution is 7.10. The van der Waals surface area contributed by atoms with Crippen molar-refractivity contribution in [1.82, 2.24) is 15.3 Å². The molecule has 0 aliphatic heterocycles. The van der Waals surface area contributed by atoms with Crippen LogP contribution in [0.15, 0.2) is 42.6 Å². The molecule has 2 heterocycles.